The van der Waals surface area contributed by atoms with Gasteiger partial charge in [0.2, 0.25) is 0 Å². The highest BCUT2D eigenvalue weighted by Gasteiger charge is 2.17. The number of hydrogen-bond donors (Lipinski definition) is 1. The molecule has 0 saturated carbocycles. The molecule has 1 heterocycles. The van der Waals surface area contributed by atoms with Crippen molar-refractivity contribution < 1.29 is 5.11 Å². The Labute approximate surface area is 95.6 Å². The number of rotatable bonds is 3. The van der Waals surface area contributed by atoms with Crippen molar-refractivity contribution in [2.45, 2.75) is 18.9 Å². The van der Waals surface area contributed by atoms with E-state index in [1.807, 2.05) is 49.4 Å². The Morgan fingerprint density at radius 2 is 1.69 bits per heavy atom. The summed E-state index contributed by atoms with van der Waals surface area (Å²) in [6, 6.07) is 13.6. The van der Waals surface area contributed by atoms with Gasteiger partial charge in [0.1, 0.15) is 0 Å². The van der Waals surface area contributed by atoms with E-state index >= 15 is 0 Å². The Morgan fingerprint density at radius 3 is 2.31 bits per heavy atom. The third-order valence-corrected chi connectivity index (χ3v) is 2.82. The fraction of sp³-hybridized carbons (Fsp3) is 0.214. The minimum Gasteiger partial charge on any atom is -0.388 e. The molecule has 0 aliphatic carbocycles. The first-order chi connectivity index (χ1) is 7.79. The lowest BCUT2D eigenvalue weighted by atomic mass is 9.92. The van der Waals surface area contributed by atoms with Gasteiger partial charge in [-0.2, -0.15) is 0 Å². The van der Waals surface area contributed by atoms with Crippen molar-refractivity contribution in [1.82, 2.24) is 4.98 Å². The first-order valence-corrected chi connectivity index (χ1v) is 5.42. The number of hydrogen-bond acceptors (Lipinski definition) is 2. The van der Waals surface area contributed by atoms with Crippen LogP contribution in [0.3, 0.4) is 0 Å². The van der Waals surface area contributed by atoms with Crippen LogP contribution in [-0.2, 0) is 0 Å². The van der Waals surface area contributed by atoms with E-state index < -0.39 is 6.10 Å². The standard InChI is InChI=1S/C14H15NO/c1-11(13-8-5-9-15-10-13)14(16)12-6-3-2-4-7-12/h2-11,14,16H,1H3/t11-,14+/m1/s1. The van der Waals surface area contributed by atoms with Gasteiger partial charge in [0.15, 0.2) is 0 Å². The fourth-order valence-electron chi connectivity index (χ4n) is 1.77. The molecule has 0 unspecified atom stereocenters. The molecule has 2 atom stereocenters. The third-order valence-electron chi connectivity index (χ3n) is 2.82. The lowest BCUT2D eigenvalue weighted by molar-refractivity contribution is 0.151. The topological polar surface area (TPSA) is 33.1 Å². The van der Waals surface area contributed by atoms with E-state index in [1.165, 1.54) is 0 Å². The van der Waals surface area contributed by atoms with Crippen molar-refractivity contribution in [3.8, 4) is 0 Å². The molecule has 0 spiro atoms. The van der Waals surface area contributed by atoms with Crippen molar-refractivity contribution in [3.63, 3.8) is 0 Å². The number of aromatic nitrogens is 1. The van der Waals surface area contributed by atoms with E-state index in [9.17, 15) is 5.11 Å². The lowest BCUT2D eigenvalue weighted by Gasteiger charge is -2.19. The van der Waals surface area contributed by atoms with Gasteiger partial charge in [-0.15, -0.1) is 0 Å². The van der Waals surface area contributed by atoms with E-state index in [0.717, 1.165) is 11.1 Å². The van der Waals surface area contributed by atoms with Crippen LogP contribution in [0.2, 0.25) is 0 Å². The molecule has 0 aliphatic rings. The molecular formula is C14H15NO. The first kappa shape index (κ1) is 10.8. The number of aliphatic hydroxyl groups excluding tert-OH is 1. The van der Waals surface area contributed by atoms with Crippen LogP contribution in [-0.4, -0.2) is 10.1 Å². The summed E-state index contributed by atoms with van der Waals surface area (Å²) in [7, 11) is 0. The molecule has 16 heavy (non-hydrogen) atoms. The highest BCUT2D eigenvalue weighted by atomic mass is 16.3. The fourth-order valence-corrected chi connectivity index (χ4v) is 1.77. The quantitative estimate of drug-likeness (QED) is 0.850. The van der Waals surface area contributed by atoms with E-state index in [0.29, 0.717) is 0 Å². The highest BCUT2D eigenvalue weighted by molar-refractivity contribution is 5.24. The van der Waals surface area contributed by atoms with Crippen LogP contribution < -0.4 is 0 Å². The second kappa shape index (κ2) is 4.90. The summed E-state index contributed by atoms with van der Waals surface area (Å²) in [5, 5.41) is 10.2. The molecular weight excluding hydrogens is 198 g/mol. The van der Waals surface area contributed by atoms with Crippen LogP contribution in [0.1, 0.15) is 30.1 Å². The first-order valence-electron chi connectivity index (χ1n) is 5.42. The highest BCUT2D eigenvalue weighted by Crippen LogP contribution is 2.29. The second-order valence-corrected chi connectivity index (χ2v) is 3.93. The van der Waals surface area contributed by atoms with Crippen molar-refractivity contribution in [3.05, 3.63) is 66.0 Å². The zero-order valence-corrected chi connectivity index (χ0v) is 9.25. The molecule has 1 N–H and O–H groups in total. The molecule has 2 aromatic rings. The molecule has 1 aromatic carbocycles. The number of nitrogens with zero attached hydrogens (tertiary/aromatic N) is 1. The summed E-state index contributed by atoms with van der Waals surface area (Å²) in [5.41, 5.74) is 2.00. The van der Waals surface area contributed by atoms with Gasteiger partial charge in [0.25, 0.3) is 0 Å². The Hall–Kier alpha value is -1.67. The average Bonchev–Trinajstić information content (AvgIpc) is 2.39. The molecule has 0 fully saturated rings. The molecule has 1 aromatic heterocycles. The summed E-state index contributed by atoms with van der Waals surface area (Å²) in [6.45, 7) is 2.01. The second-order valence-electron chi connectivity index (χ2n) is 3.93. The van der Waals surface area contributed by atoms with E-state index in [1.54, 1.807) is 12.4 Å². The van der Waals surface area contributed by atoms with Gasteiger partial charge < -0.3 is 5.11 Å². The summed E-state index contributed by atoms with van der Waals surface area (Å²) in [4.78, 5) is 4.07. The summed E-state index contributed by atoms with van der Waals surface area (Å²) in [5.74, 6) is 0.0519. The van der Waals surface area contributed by atoms with E-state index in [-0.39, 0.29) is 5.92 Å². The maximum Gasteiger partial charge on any atom is 0.0856 e. The van der Waals surface area contributed by atoms with Crippen LogP contribution in [0.4, 0.5) is 0 Å². The normalized spacial score (nSPS) is 14.4. The molecule has 0 bridgehead atoms. The minimum atomic E-state index is -0.481. The SMILES string of the molecule is C[C@H](c1cccnc1)[C@H](O)c1ccccc1. The van der Waals surface area contributed by atoms with Crippen LogP contribution in [0.25, 0.3) is 0 Å². The Balaban J connectivity index is 2.20. The van der Waals surface area contributed by atoms with E-state index in [4.69, 9.17) is 0 Å². The van der Waals surface area contributed by atoms with E-state index in [2.05, 4.69) is 4.98 Å². The number of benzene rings is 1. The van der Waals surface area contributed by atoms with Crippen molar-refractivity contribution in [2.24, 2.45) is 0 Å². The third kappa shape index (κ3) is 2.28. The molecule has 2 rings (SSSR count). The molecule has 0 saturated heterocycles. The molecule has 0 aliphatic heterocycles. The van der Waals surface area contributed by atoms with Gasteiger partial charge in [-0.25, -0.2) is 0 Å². The molecule has 2 heteroatoms. The maximum absolute atomic E-state index is 10.2. The van der Waals surface area contributed by atoms with Crippen LogP contribution in [0.15, 0.2) is 54.9 Å². The molecule has 0 radical (unpaired) electrons. The molecule has 82 valence electrons. The summed E-state index contributed by atoms with van der Waals surface area (Å²) in [6.07, 6.45) is 3.06. The van der Waals surface area contributed by atoms with Gasteiger partial charge >= 0.3 is 0 Å². The van der Waals surface area contributed by atoms with Gasteiger partial charge in [0.05, 0.1) is 6.10 Å². The Bertz CT molecular complexity index is 384. The zero-order valence-electron chi connectivity index (χ0n) is 9.25. The Kier molecular flexibility index (Phi) is 3.32. The van der Waals surface area contributed by atoms with Gasteiger partial charge in [-0.05, 0) is 17.2 Å². The number of pyridine rings is 1. The number of aliphatic hydroxyl groups is 1. The predicted molar refractivity (Wildman–Crippen MR) is 64.1 cm³/mol. The van der Waals surface area contributed by atoms with Crippen LogP contribution in [0.5, 0.6) is 0 Å². The molecule has 0 amide bonds. The van der Waals surface area contributed by atoms with Crippen molar-refractivity contribution in [2.75, 3.05) is 0 Å². The zero-order chi connectivity index (χ0) is 11.4. The van der Waals surface area contributed by atoms with Gasteiger partial charge in [-0.1, -0.05) is 43.3 Å². The average molecular weight is 213 g/mol. The maximum atomic E-state index is 10.2. The smallest absolute Gasteiger partial charge is 0.0856 e. The minimum absolute atomic E-state index is 0.0519. The Morgan fingerprint density at radius 1 is 1.00 bits per heavy atom. The predicted octanol–water partition coefficient (Wildman–Crippen LogP) is 2.92. The molecule has 2 nitrogen and oxygen atoms in total. The van der Waals surface area contributed by atoms with Gasteiger partial charge in [0, 0.05) is 18.3 Å². The monoisotopic (exact) mass is 213 g/mol. The lowest BCUT2D eigenvalue weighted by Crippen LogP contribution is -2.07. The van der Waals surface area contributed by atoms with Crippen LogP contribution >= 0.6 is 0 Å². The van der Waals surface area contributed by atoms with Gasteiger partial charge in [-0.3, -0.25) is 4.98 Å². The van der Waals surface area contributed by atoms with Crippen molar-refractivity contribution in [1.29, 1.82) is 0 Å². The van der Waals surface area contributed by atoms with Crippen molar-refractivity contribution >= 4 is 0 Å². The largest absolute Gasteiger partial charge is 0.388 e. The summed E-state index contributed by atoms with van der Waals surface area (Å²) >= 11 is 0. The van der Waals surface area contributed by atoms with Crippen LogP contribution in [0, 0.1) is 0 Å². The summed E-state index contributed by atoms with van der Waals surface area (Å²) < 4.78 is 0.